The molecule has 0 saturated carbocycles. The third-order valence-electron chi connectivity index (χ3n) is 5.22. The van der Waals surface area contributed by atoms with Crippen molar-refractivity contribution in [2.75, 3.05) is 26.2 Å². The van der Waals surface area contributed by atoms with E-state index in [-0.39, 0.29) is 5.91 Å². The predicted octanol–water partition coefficient (Wildman–Crippen LogP) is 4.96. The maximum atomic E-state index is 13.0. The largest absolute Gasteiger partial charge is 0.336 e. The van der Waals surface area contributed by atoms with Crippen LogP contribution in [-0.2, 0) is 13.1 Å². The highest BCUT2D eigenvalue weighted by atomic mass is 79.9. The van der Waals surface area contributed by atoms with Gasteiger partial charge >= 0.3 is 0 Å². The Morgan fingerprint density at radius 3 is 2.37 bits per heavy atom. The maximum absolute atomic E-state index is 13.0. The van der Waals surface area contributed by atoms with E-state index in [0.717, 1.165) is 28.7 Å². The molecule has 1 aliphatic rings. The lowest BCUT2D eigenvalue weighted by Crippen LogP contribution is -2.48. The van der Waals surface area contributed by atoms with Crippen LogP contribution < -0.4 is 0 Å². The zero-order chi connectivity index (χ0) is 21.1. The lowest BCUT2D eigenvalue weighted by molar-refractivity contribution is 0.0628. The Hall–Kier alpha value is -1.86. The molecule has 0 N–H and O–H groups in total. The van der Waals surface area contributed by atoms with Crippen LogP contribution in [-0.4, -0.2) is 51.7 Å². The number of nitrogens with zero attached hydrogens (tertiary/aromatic N) is 4. The lowest BCUT2D eigenvalue weighted by atomic mass is 10.1. The number of hydrogen-bond donors (Lipinski definition) is 0. The van der Waals surface area contributed by atoms with Gasteiger partial charge in [0.2, 0.25) is 0 Å². The number of benzene rings is 2. The molecule has 1 amide bonds. The smallest absolute Gasteiger partial charge is 0.253 e. The second-order valence-electron chi connectivity index (χ2n) is 7.33. The number of carbonyl (C=O) groups is 1. The molecule has 0 unspecified atom stereocenters. The van der Waals surface area contributed by atoms with Crippen molar-refractivity contribution in [3.63, 3.8) is 0 Å². The van der Waals surface area contributed by atoms with Gasteiger partial charge in [0.25, 0.3) is 5.91 Å². The highest BCUT2D eigenvalue weighted by Crippen LogP contribution is 2.26. The Kier molecular flexibility index (Phi) is 6.78. The average molecular weight is 508 g/mol. The number of carbonyl (C=O) groups excluding carboxylic acids is 1. The molecule has 5 nitrogen and oxygen atoms in total. The van der Waals surface area contributed by atoms with Crippen LogP contribution in [0.15, 0.2) is 59.3 Å². The molecule has 0 aliphatic carbocycles. The monoisotopic (exact) mass is 506 g/mol. The first-order valence-corrected chi connectivity index (χ1v) is 11.3. The van der Waals surface area contributed by atoms with Crippen LogP contribution in [0.1, 0.15) is 21.5 Å². The summed E-state index contributed by atoms with van der Waals surface area (Å²) in [5.41, 5.74) is 2.70. The number of amides is 1. The van der Waals surface area contributed by atoms with Crippen molar-refractivity contribution in [2.24, 2.45) is 0 Å². The number of aromatic nitrogens is 2. The van der Waals surface area contributed by atoms with Crippen LogP contribution in [0, 0.1) is 0 Å². The van der Waals surface area contributed by atoms with Crippen LogP contribution in [0.2, 0.25) is 10.0 Å². The number of rotatable bonds is 5. The summed E-state index contributed by atoms with van der Waals surface area (Å²) in [4.78, 5) is 17.2. The van der Waals surface area contributed by atoms with Crippen molar-refractivity contribution >= 4 is 45.0 Å². The summed E-state index contributed by atoms with van der Waals surface area (Å²) in [5.74, 6) is 0.0638. The summed E-state index contributed by atoms with van der Waals surface area (Å²) in [6, 6.07) is 13.3. The lowest BCUT2D eigenvalue weighted by Gasteiger charge is -2.35. The Labute approximate surface area is 194 Å². The molecule has 0 radical (unpaired) electrons. The van der Waals surface area contributed by atoms with Gasteiger partial charge in [-0.25, -0.2) is 0 Å². The van der Waals surface area contributed by atoms with E-state index in [9.17, 15) is 4.79 Å². The highest BCUT2D eigenvalue weighted by molar-refractivity contribution is 9.10. The first kappa shape index (κ1) is 21.4. The summed E-state index contributed by atoms with van der Waals surface area (Å²) < 4.78 is 2.78. The van der Waals surface area contributed by atoms with E-state index in [1.54, 1.807) is 6.20 Å². The first-order valence-electron chi connectivity index (χ1n) is 9.71. The molecule has 0 atom stereocenters. The molecule has 4 rings (SSSR count). The maximum Gasteiger partial charge on any atom is 0.253 e. The van der Waals surface area contributed by atoms with Crippen molar-refractivity contribution < 1.29 is 4.79 Å². The molecular weight excluding hydrogens is 487 g/mol. The van der Waals surface area contributed by atoms with Gasteiger partial charge in [0.05, 0.1) is 17.2 Å². The molecule has 0 spiro atoms. The van der Waals surface area contributed by atoms with Gasteiger partial charge in [-0.05, 0) is 45.8 Å². The molecule has 1 aromatic heterocycles. The molecular formula is C22H21BrCl2N4O. The minimum absolute atomic E-state index is 0.0638. The molecule has 0 bridgehead atoms. The van der Waals surface area contributed by atoms with E-state index in [0.29, 0.717) is 41.8 Å². The van der Waals surface area contributed by atoms with E-state index in [4.69, 9.17) is 23.2 Å². The Morgan fingerprint density at radius 2 is 1.70 bits per heavy atom. The van der Waals surface area contributed by atoms with E-state index >= 15 is 0 Å². The molecule has 1 aliphatic heterocycles. The fraction of sp³-hybridized carbons (Fsp3) is 0.273. The van der Waals surface area contributed by atoms with E-state index in [2.05, 4.69) is 25.9 Å². The highest BCUT2D eigenvalue weighted by Gasteiger charge is 2.23. The minimum Gasteiger partial charge on any atom is -0.336 e. The van der Waals surface area contributed by atoms with Crippen LogP contribution in [0.3, 0.4) is 0 Å². The second-order valence-corrected chi connectivity index (χ2v) is 9.06. The topological polar surface area (TPSA) is 41.4 Å². The van der Waals surface area contributed by atoms with E-state index in [1.807, 2.05) is 58.2 Å². The zero-order valence-corrected chi connectivity index (χ0v) is 19.4. The summed E-state index contributed by atoms with van der Waals surface area (Å²) in [5, 5.41) is 5.65. The van der Waals surface area contributed by atoms with Gasteiger partial charge in [0.15, 0.2) is 0 Å². The SMILES string of the molecule is O=C(c1cccc(Cn2cc(Br)cn2)c1)N1CCN(Cc2c(Cl)cccc2Cl)CC1. The minimum atomic E-state index is 0.0638. The summed E-state index contributed by atoms with van der Waals surface area (Å²) in [6.07, 6.45) is 3.67. The average Bonchev–Trinajstić information content (AvgIpc) is 3.15. The number of hydrogen-bond acceptors (Lipinski definition) is 3. The van der Waals surface area contributed by atoms with Crippen molar-refractivity contribution in [3.8, 4) is 0 Å². The molecule has 156 valence electrons. The normalized spacial score (nSPS) is 14.8. The third kappa shape index (κ3) is 5.06. The summed E-state index contributed by atoms with van der Waals surface area (Å²) in [6.45, 7) is 4.24. The van der Waals surface area contributed by atoms with Crippen molar-refractivity contribution in [3.05, 3.63) is 86.1 Å². The van der Waals surface area contributed by atoms with E-state index < -0.39 is 0 Å². The van der Waals surface area contributed by atoms with Crippen molar-refractivity contribution in [2.45, 2.75) is 13.1 Å². The number of piperazine rings is 1. The van der Waals surface area contributed by atoms with Crippen LogP contribution in [0.5, 0.6) is 0 Å². The van der Waals surface area contributed by atoms with Gasteiger partial charge in [-0.3, -0.25) is 14.4 Å². The van der Waals surface area contributed by atoms with Crippen molar-refractivity contribution in [1.29, 1.82) is 0 Å². The predicted molar refractivity (Wildman–Crippen MR) is 123 cm³/mol. The van der Waals surface area contributed by atoms with Gasteiger partial charge < -0.3 is 4.90 Å². The quantitative estimate of drug-likeness (QED) is 0.490. The molecule has 1 fully saturated rings. The Morgan fingerprint density at radius 1 is 1.00 bits per heavy atom. The van der Waals surface area contributed by atoms with Gasteiger partial charge in [-0.2, -0.15) is 5.10 Å². The first-order chi connectivity index (χ1) is 14.5. The number of halogens is 3. The standard InChI is InChI=1S/C22H21BrCl2N4O/c23-18-12-26-29(14-18)13-16-3-1-4-17(11-16)22(30)28-9-7-27(8-10-28)15-19-20(24)5-2-6-21(19)25/h1-6,11-12,14H,7-10,13,15H2. The zero-order valence-electron chi connectivity index (χ0n) is 16.3. The molecule has 3 aromatic rings. The summed E-state index contributed by atoms with van der Waals surface area (Å²) in [7, 11) is 0. The van der Waals surface area contributed by atoms with Crippen LogP contribution >= 0.6 is 39.1 Å². The van der Waals surface area contributed by atoms with Crippen molar-refractivity contribution in [1.82, 2.24) is 19.6 Å². The summed E-state index contributed by atoms with van der Waals surface area (Å²) >= 11 is 16.0. The molecule has 30 heavy (non-hydrogen) atoms. The van der Waals surface area contributed by atoms with Gasteiger partial charge in [-0.15, -0.1) is 0 Å². The molecule has 2 aromatic carbocycles. The fourth-order valence-electron chi connectivity index (χ4n) is 3.61. The van der Waals surface area contributed by atoms with Gasteiger partial charge in [0, 0.05) is 60.1 Å². The van der Waals surface area contributed by atoms with Gasteiger partial charge in [0.1, 0.15) is 0 Å². The van der Waals surface area contributed by atoms with E-state index in [1.165, 1.54) is 0 Å². The van der Waals surface area contributed by atoms with Gasteiger partial charge in [-0.1, -0.05) is 41.4 Å². The fourth-order valence-corrected chi connectivity index (χ4v) is 4.46. The Balaban J connectivity index is 1.37. The molecule has 1 saturated heterocycles. The Bertz CT molecular complexity index is 1030. The second kappa shape index (κ2) is 9.52. The third-order valence-corrected chi connectivity index (χ3v) is 6.34. The molecule has 2 heterocycles. The molecule has 8 heteroatoms. The van der Waals surface area contributed by atoms with Crippen LogP contribution in [0.25, 0.3) is 0 Å². The van der Waals surface area contributed by atoms with Crippen LogP contribution in [0.4, 0.5) is 0 Å².